The summed E-state index contributed by atoms with van der Waals surface area (Å²) in [4.78, 5) is 19.6. The van der Waals surface area contributed by atoms with E-state index in [2.05, 4.69) is 10.2 Å². The first kappa shape index (κ1) is 22.4. The first-order valence-electron chi connectivity index (χ1n) is 10.1. The molecule has 0 bridgehead atoms. The van der Waals surface area contributed by atoms with Crippen molar-refractivity contribution in [3.63, 3.8) is 0 Å². The standard InChI is InChI=1S/C21H27ClN6OS/c1-6-16(20(29)27(7-2)8-3)30-21-24-19-17(13(5)25-26-19)18(23)28(21)14-9-10-15(22)12(4)11-14/h9-11,16,23H,6-8H2,1-5H3,(H,25,26)/t16-/m0/s1. The summed E-state index contributed by atoms with van der Waals surface area (Å²) in [7, 11) is 0. The molecule has 0 spiro atoms. The van der Waals surface area contributed by atoms with Gasteiger partial charge in [-0.05, 0) is 57.9 Å². The SMILES string of the molecule is CC[C@H](Sc1nc2n[nH]c(C)c2c(=N)n1-c1ccc(Cl)c(C)c1)C(=O)N(CC)CC. The number of thioether (sulfide) groups is 1. The van der Waals surface area contributed by atoms with Crippen molar-refractivity contribution < 1.29 is 4.79 Å². The second-order valence-corrected chi connectivity index (χ2v) is 8.66. The maximum atomic E-state index is 13.0. The maximum Gasteiger partial charge on any atom is 0.236 e. The minimum Gasteiger partial charge on any atom is -0.342 e. The van der Waals surface area contributed by atoms with Gasteiger partial charge in [-0.2, -0.15) is 5.10 Å². The number of aromatic nitrogens is 4. The Bertz CT molecular complexity index is 1130. The number of hydrogen-bond acceptors (Lipinski definition) is 5. The van der Waals surface area contributed by atoms with Crippen molar-refractivity contribution in [2.75, 3.05) is 13.1 Å². The lowest BCUT2D eigenvalue weighted by atomic mass is 10.2. The Morgan fingerprint density at radius 1 is 1.30 bits per heavy atom. The van der Waals surface area contributed by atoms with E-state index in [-0.39, 0.29) is 16.6 Å². The first-order chi connectivity index (χ1) is 14.3. The molecule has 7 nitrogen and oxygen atoms in total. The average molecular weight is 447 g/mol. The number of carbonyl (C=O) groups is 1. The van der Waals surface area contributed by atoms with Crippen LogP contribution in [0.5, 0.6) is 0 Å². The van der Waals surface area contributed by atoms with Crippen LogP contribution in [0.25, 0.3) is 16.7 Å². The van der Waals surface area contributed by atoms with E-state index in [1.807, 2.05) is 57.7 Å². The Hall–Kier alpha value is -2.32. The highest BCUT2D eigenvalue weighted by atomic mass is 35.5. The van der Waals surface area contributed by atoms with Crippen LogP contribution < -0.4 is 5.49 Å². The highest BCUT2D eigenvalue weighted by molar-refractivity contribution is 8.00. The first-order valence-corrected chi connectivity index (χ1v) is 11.3. The summed E-state index contributed by atoms with van der Waals surface area (Å²) < 4.78 is 1.77. The lowest BCUT2D eigenvalue weighted by Crippen LogP contribution is -2.37. The molecule has 30 heavy (non-hydrogen) atoms. The number of aromatic amines is 1. The van der Waals surface area contributed by atoms with Gasteiger partial charge in [0.05, 0.1) is 10.6 Å². The van der Waals surface area contributed by atoms with Gasteiger partial charge in [-0.1, -0.05) is 30.3 Å². The number of amides is 1. The van der Waals surface area contributed by atoms with Gasteiger partial charge in [0, 0.05) is 29.5 Å². The highest BCUT2D eigenvalue weighted by Gasteiger charge is 2.25. The van der Waals surface area contributed by atoms with Crippen molar-refractivity contribution >= 4 is 40.3 Å². The average Bonchev–Trinajstić information content (AvgIpc) is 3.10. The van der Waals surface area contributed by atoms with Crippen molar-refractivity contribution in [2.24, 2.45) is 0 Å². The van der Waals surface area contributed by atoms with Crippen LogP contribution in [0.15, 0.2) is 23.4 Å². The van der Waals surface area contributed by atoms with Gasteiger partial charge in [0.25, 0.3) is 0 Å². The Labute approximate surface area is 185 Å². The van der Waals surface area contributed by atoms with Gasteiger partial charge in [-0.15, -0.1) is 0 Å². The molecule has 2 aromatic heterocycles. The number of aryl methyl sites for hydroxylation is 2. The minimum atomic E-state index is -0.297. The van der Waals surface area contributed by atoms with Crippen LogP contribution >= 0.6 is 23.4 Å². The third-order valence-corrected chi connectivity index (χ3v) is 6.88. The Morgan fingerprint density at radius 3 is 2.60 bits per heavy atom. The number of halogens is 1. The van der Waals surface area contributed by atoms with Crippen molar-refractivity contribution in [2.45, 2.75) is 51.4 Å². The number of hydrogen-bond donors (Lipinski definition) is 2. The summed E-state index contributed by atoms with van der Waals surface area (Å²) >= 11 is 7.60. The summed E-state index contributed by atoms with van der Waals surface area (Å²) in [6.07, 6.45) is 0.659. The lowest BCUT2D eigenvalue weighted by molar-refractivity contribution is -0.130. The van der Waals surface area contributed by atoms with Gasteiger partial charge in [0.15, 0.2) is 10.8 Å². The fourth-order valence-corrected chi connectivity index (χ4v) is 4.62. The van der Waals surface area contributed by atoms with Gasteiger partial charge in [0.2, 0.25) is 5.91 Å². The zero-order chi connectivity index (χ0) is 22.0. The monoisotopic (exact) mass is 446 g/mol. The minimum absolute atomic E-state index is 0.0815. The summed E-state index contributed by atoms with van der Waals surface area (Å²) in [6, 6.07) is 5.62. The summed E-state index contributed by atoms with van der Waals surface area (Å²) in [5.74, 6) is 0.0815. The molecule has 0 fully saturated rings. The summed E-state index contributed by atoms with van der Waals surface area (Å²) in [5.41, 5.74) is 3.23. The zero-order valence-electron chi connectivity index (χ0n) is 17.9. The number of H-pyrrole nitrogens is 1. The van der Waals surface area contributed by atoms with Gasteiger partial charge in [-0.3, -0.25) is 19.9 Å². The number of fused-ring (bicyclic) bond motifs is 1. The number of nitrogens with one attached hydrogen (secondary N) is 2. The van der Waals surface area contributed by atoms with Crippen LogP contribution in [0.3, 0.4) is 0 Å². The van der Waals surface area contributed by atoms with Crippen molar-refractivity contribution in [3.05, 3.63) is 40.0 Å². The second-order valence-electron chi connectivity index (χ2n) is 7.08. The normalized spacial score (nSPS) is 12.3. The second kappa shape index (κ2) is 9.22. The molecule has 1 atom stereocenters. The van der Waals surface area contributed by atoms with Crippen LogP contribution in [0, 0.1) is 19.3 Å². The molecule has 0 aliphatic rings. The van der Waals surface area contributed by atoms with Crippen LogP contribution in [-0.2, 0) is 4.79 Å². The van der Waals surface area contributed by atoms with Gasteiger partial charge >= 0.3 is 0 Å². The van der Waals surface area contributed by atoms with Crippen molar-refractivity contribution in [1.82, 2.24) is 24.6 Å². The topological polar surface area (TPSA) is 90.7 Å². The number of benzene rings is 1. The van der Waals surface area contributed by atoms with Crippen LogP contribution in [0.2, 0.25) is 5.02 Å². The molecule has 160 valence electrons. The third-order valence-electron chi connectivity index (χ3n) is 5.15. The summed E-state index contributed by atoms with van der Waals surface area (Å²) in [5, 5.41) is 17.6. The van der Waals surface area contributed by atoms with Gasteiger partial charge in [-0.25, -0.2) is 4.98 Å². The van der Waals surface area contributed by atoms with E-state index in [0.717, 1.165) is 16.9 Å². The van der Waals surface area contributed by atoms with E-state index in [0.29, 0.717) is 40.7 Å². The highest BCUT2D eigenvalue weighted by Crippen LogP contribution is 2.29. The molecule has 0 aliphatic carbocycles. The molecule has 1 amide bonds. The zero-order valence-corrected chi connectivity index (χ0v) is 19.5. The molecule has 0 saturated carbocycles. The quantitative estimate of drug-likeness (QED) is 0.419. The third kappa shape index (κ3) is 4.11. The Balaban J connectivity index is 2.18. The van der Waals surface area contributed by atoms with E-state index < -0.39 is 0 Å². The molecule has 2 N–H and O–H groups in total. The van der Waals surface area contributed by atoms with Crippen LogP contribution in [-0.4, -0.2) is 48.9 Å². The largest absolute Gasteiger partial charge is 0.342 e. The molecular formula is C21H27ClN6OS. The molecule has 3 rings (SSSR count). The van der Waals surface area contributed by atoms with E-state index in [1.54, 1.807) is 4.57 Å². The van der Waals surface area contributed by atoms with Gasteiger partial charge in [0.1, 0.15) is 5.49 Å². The van der Waals surface area contributed by atoms with E-state index in [4.69, 9.17) is 22.0 Å². The van der Waals surface area contributed by atoms with E-state index >= 15 is 0 Å². The van der Waals surface area contributed by atoms with Crippen molar-refractivity contribution in [3.8, 4) is 5.69 Å². The van der Waals surface area contributed by atoms with Crippen molar-refractivity contribution in [1.29, 1.82) is 5.41 Å². The molecule has 3 aromatic rings. The predicted octanol–water partition coefficient (Wildman–Crippen LogP) is 4.24. The molecular weight excluding hydrogens is 420 g/mol. The Morgan fingerprint density at radius 2 is 2.00 bits per heavy atom. The predicted molar refractivity (Wildman–Crippen MR) is 121 cm³/mol. The van der Waals surface area contributed by atoms with E-state index in [9.17, 15) is 4.79 Å². The van der Waals surface area contributed by atoms with Gasteiger partial charge < -0.3 is 4.90 Å². The number of carbonyl (C=O) groups excluding carboxylic acids is 1. The number of nitrogens with zero attached hydrogens (tertiary/aromatic N) is 4. The number of rotatable bonds is 7. The smallest absolute Gasteiger partial charge is 0.236 e. The molecule has 0 radical (unpaired) electrons. The maximum absolute atomic E-state index is 13.0. The fourth-order valence-electron chi connectivity index (χ4n) is 3.39. The molecule has 1 aromatic carbocycles. The fraction of sp³-hybridized carbons (Fsp3) is 0.429. The van der Waals surface area contributed by atoms with E-state index in [1.165, 1.54) is 11.8 Å². The molecule has 0 unspecified atom stereocenters. The molecule has 9 heteroatoms. The molecule has 2 heterocycles. The van der Waals surface area contributed by atoms with Crippen LogP contribution in [0.1, 0.15) is 38.4 Å². The Kier molecular flexibility index (Phi) is 6.88. The van der Waals surface area contributed by atoms with Crippen LogP contribution in [0.4, 0.5) is 0 Å². The molecule has 0 saturated heterocycles. The summed E-state index contributed by atoms with van der Waals surface area (Å²) in [6.45, 7) is 11.1. The lowest BCUT2D eigenvalue weighted by Gasteiger charge is -2.24. The molecule has 0 aliphatic heterocycles.